The third kappa shape index (κ3) is 6.38. The van der Waals surface area contributed by atoms with Crippen molar-refractivity contribution in [2.75, 3.05) is 39.8 Å². The number of carbonyl (C=O) groups is 1. The maximum atomic E-state index is 13.5. The molecule has 1 amide bonds. The number of aromatic nitrogens is 2. The van der Waals surface area contributed by atoms with Gasteiger partial charge in [-0.25, -0.2) is 0 Å². The summed E-state index contributed by atoms with van der Waals surface area (Å²) in [4.78, 5) is 22.1. The zero-order valence-electron chi connectivity index (χ0n) is 21.0. The standard InChI is InChI=1S/C25H41ClN6O/c1-6-32-18-19(17-29-32)21(27)20(22(26)28-5)23(33)31-15-10-25(11-16-31)8-13-30(14-9-25)12-7-24(2,3)4/h17-18H,6-16,27H2,1-5H3/b21-20+,28-22?. The van der Waals surface area contributed by atoms with Gasteiger partial charge in [0.15, 0.2) is 0 Å². The minimum atomic E-state index is -0.134. The average molecular weight is 477 g/mol. The van der Waals surface area contributed by atoms with E-state index in [4.69, 9.17) is 17.3 Å². The van der Waals surface area contributed by atoms with Gasteiger partial charge < -0.3 is 15.5 Å². The molecule has 3 heterocycles. The molecule has 0 saturated carbocycles. The monoisotopic (exact) mass is 476 g/mol. The van der Waals surface area contributed by atoms with Gasteiger partial charge in [-0.3, -0.25) is 14.5 Å². The molecule has 2 aliphatic rings. The van der Waals surface area contributed by atoms with Crippen molar-refractivity contribution >= 4 is 28.4 Å². The van der Waals surface area contributed by atoms with Gasteiger partial charge in [0.05, 0.1) is 11.9 Å². The highest BCUT2D eigenvalue weighted by molar-refractivity contribution is 6.73. The van der Waals surface area contributed by atoms with Gasteiger partial charge in [0.25, 0.3) is 5.91 Å². The van der Waals surface area contributed by atoms with E-state index in [1.54, 1.807) is 17.9 Å². The molecule has 1 spiro atoms. The van der Waals surface area contributed by atoms with Gasteiger partial charge in [-0.15, -0.1) is 0 Å². The average Bonchev–Trinajstić information content (AvgIpc) is 3.28. The Hall–Kier alpha value is -1.86. The van der Waals surface area contributed by atoms with Crippen LogP contribution in [-0.2, 0) is 11.3 Å². The Labute approximate surface area is 204 Å². The smallest absolute Gasteiger partial charge is 0.259 e. The van der Waals surface area contributed by atoms with Gasteiger partial charge in [-0.1, -0.05) is 32.4 Å². The zero-order chi connectivity index (χ0) is 24.2. The summed E-state index contributed by atoms with van der Waals surface area (Å²) in [6, 6.07) is 0. The van der Waals surface area contributed by atoms with Crippen molar-refractivity contribution in [3.05, 3.63) is 23.5 Å². The van der Waals surface area contributed by atoms with Crippen molar-refractivity contribution in [1.29, 1.82) is 0 Å². The molecule has 2 fully saturated rings. The van der Waals surface area contributed by atoms with Crippen molar-refractivity contribution in [3.8, 4) is 0 Å². The zero-order valence-corrected chi connectivity index (χ0v) is 21.8. The van der Waals surface area contributed by atoms with Crippen LogP contribution in [-0.4, -0.2) is 70.4 Å². The van der Waals surface area contributed by atoms with Crippen LogP contribution in [0.4, 0.5) is 0 Å². The fraction of sp³-hybridized carbons (Fsp3) is 0.720. The highest BCUT2D eigenvalue weighted by Gasteiger charge is 2.39. The van der Waals surface area contributed by atoms with Crippen molar-refractivity contribution in [1.82, 2.24) is 19.6 Å². The molecule has 0 atom stereocenters. The molecule has 184 valence electrons. The number of piperidine rings is 2. The second-order valence-electron chi connectivity index (χ2n) is 10.8. The number of aryl methyl sites for hydroxylation is 1. The predicted molar refractivity (Wildman–Crippen MR) is 136 cm³/mol. The second-order valence-corrected chi connectivity index (χ2v) is 11.2. The molecule has 0 bridgehead atoms. The molecule has 1 aromatic heterocycles. The molecule has 7 nitrogen and oxygen atoms in total. The van der Waals surface area contributed by atoms with Crippen molar-refractivity contribution in [2.45, 2.75) is 66.3 Å². The fourth-order valence-electron chi connectivity index (χ4n) is 4.83. The maximum absolute atomic E-state index is 13.5. The summed E-state index contributed by atoms with van der Waals surface area (Å²) < 4.78 is 1.78. The molecule has 2 N–H and O–H groups in total. The van der Waals surface area contributed by atoms with Crippen molar-refractivity contribution < 1.29 is 4.79 Å². The highest BCUT2D eigenvalue weighted by atomic mass is 35.5. The summed E-state index contributed by atoms with van der Waals surface area (Å²) in [5, 5.41) is 4.42. The lowest BCUT2D eigenvalue weighted by atomic mass is 9.71. The SMILES string of the molecule is CCn1cc(/C(N)=C(\C(=O)N2CCC3(CCN(CCC(C)(C)C)CC3)CC2)C(Cl)=NC)cn1. The largest absolute Gasteiger partial charge is 0.397 e. The molecule has 8 heteroatoms. The number of halogens is 1. The summed E-state index contributed by atoms with van der Waals surface area (Å²) in [6.07, 6.45) is 9.25. The summed E-state index contributed by atoms with van der Waals surface area (Å²) in [7, 11) is 1.58. The number of likely N-dealkylation sites (tertiary alicyclic amines) is 2. The van der Waals surface area contributed by atoms with E-state index >= 15 is 0 Å². The van der Waals surface area contributed by atoms with Crippen LogP contribution in [0, 0.1) is 10.8 Å². The van der Waals surface area contributed by atoms with Crippen LogP contribution in [0.2, 0.25) is 0 Å². The lowest BCUT2D eigenvalue weighted by Gasteiger charge is -2.47. The molecule has 33 heavy (non-hydrogen) atoms. The van der Waals surface area contributed by atoms with Crippen LogP contribution in [0.25, 0.3) is 5.70 Å². The van der Waals surface area contributed by atoms with Crippen LogP contribution in [0.1, 0.15) is 65.4 Å². The molecule has 0 radical (unpaired) electrons. The number of aliphatic imine (C=N–C) groups is 1. The van der Waals surface area contributed by atoms with E-state index in [-0.39, 0.29) is 16.7 Å². The summed E-state index contributed by atoms with van der Waals surface area (Å²) >= 11 is 6.38. The van der Waals surface area contributed by atoms with Crippen LogP contribution >= 0.6 is 11.6 Å². The van der Waals surface area contributed by atoms with Gasteiger partial charge in [0.1, 0.15) is 10.7 Å². The lowest BCUT2D eigenvalue weighted by molar-refractivity contribution is -0.129. The van der Waals surface area contributed by atoms with Gasteiger partial charge >= 0.3 is 0 Å². The maximum Gasteiger partial charge on any atom is 0.259 e. The minimum absolute atomic E-state index is 0.134. The van der Waals surface area contributed by atoms with Crippen LogP contribution < -0.4 is 5.73 Å². The molecule has 1 aromatic rings. The molecular weight excluding hydrogens is 436 g/mol. The molecule has 0 aromatic carbocycles. The second kappa shape index (κ2) is 10.6. The quantitative estimate of drug-likeness (QED) is 0.497. The number of nitrogens with two attached hydrogens (primary N) is 1. The van der Waals surface area contributed by atoms with Crippen LogP contribution in [0.15, 0.2) is 23.0 Å². The van der Waals surface area contributed by atoms with Crippen molar-refractivity contribution in [3.63, 3.8) is 0 Å². The Bertz CT molecular complexity index is 879. The molecule has 2 saturated heterocycles. The molecule has 3 rings (SSSR count). The van der Waals surface area contributed by atoms with E-state index in [2.05, 4.69) is 35.8 Å². The Morgan fingerprint density at radius 2 is 1.79 bits per heavy atom. The topological polar surface area (TPSA) is 79.8 Å². The lowest BCUT2D eigenvalue weighted by Crippen LogP contribution is -2.49. The third-order valence-electron chi connectivity index (χ3n) is 7.36. The first-order valence-corrected chi connectivity index (χ1v) is 12.6. The predicted octanol–water partition coefficient (Wildman–Crippen LogP) is 3.98. The minimum Gasteiger partial charge on any atom is -0.397 e. The number of carbonyl (C=O) groups excluding carboxylic acids is 1. The molecular formula is C25H41ClN6O. The Kier molecular flexibility index (Phi) is 8.27. The van der Waals surface area contributed by atoms with Crippen LogP contribution in [0.5, 0.6) is 0 Å². The van der Waals surface area contributed by atoms with E-state index in [0.29, 0.717) is 22.1 Å². The first-order valence-electron chi connectivity index (χ1n) is 12.2. The van der Waals surface area contributed by atoms with Gasteiger partial charge in [0, 0.05) is 38.4 Å². The summed E-state index contributed by atoms with van der Waals surface area (Å²) in [6.45, 7) is 14.6. The van der Waals surface area contributed by atoms with E-state index in [0.717, 1.165) is 45.6 Å². The number of hydrogen-bond acceptors (Lipinski definition) is 5. The normalized spacial score (nSPS) is 20.8. The summed E-state index contributed by atoms with van der Waals surface area (Å²) in [5.41, 5.74) is 8.46. The third-order valence-corrected chi connectivity index (χ3v) is 7.72. The van der Waals surface area contributed by atoms with E-state index < -0.39 is 0 Å². The number of nitrogens with zero attached hydrogens (tertiary/aromatic N) is 5. The number of amides is 1. The van der Waals surface area contributed by atoms with Crippen LogP contribution in [0.3, 0.4) is 0 Å². The molecule has 0 unspecified atom stereocenters. The first-order chi connectivity index (χ1) is 15.6. The van der Waals surface area contributed by atoms with Gasteiger partial charge in [-0.05, 0) is 69.5 Å². The first kappa shape index (κ1) is 25.8. The van der Waals surface area contributed by atoms with Gasteiger partial charge in [0.2, 0.25) is 0 Å². The van der Waals surface area contributed by atoms with E-state index in [1.165, 1.54) is 25.8 Å². The Balaban J connectivity index is 1.64. The van der Waals surface area contributed by atoms with Crippen molar-refractivity contribution in [2.24, 2.45) is 21.6 Å². The van der Waals surface area contributed by atoms with Gasteiger partial charge in [-0.2, -0.15) is 5.10 Å². The van der Waals surface area contributed by atoms with E-state index in [9.17, 15) is 4.79 Å². The Morgan fingerprint density at radius 3 is 2.30 bits per heavy atom. The number of hydrogen-bond donors (Lipinski definition) is 1. The number of rotatable bonds is 6. The summed E-state index contributed by atoms with van der Waals surface area (Å²) in [5.74, 6) is -0.134. The fourth-order valence-corrected chi connectivity index (χ4v) is 5.02. The molecule has 0 aliphatic carbocycles. The molecule has 2 aliphatic heterocycles. The highest BCUT2D eigenvalue weighted by Crippen LogP contribution is 2.42. The van der Waals surface area contributed by atoms with E-state index in [1.807, 2.05) is 18.0 Å². The Morgan fingerprint density at radius 1 is 1.18 bits per heavy atom.